The van der Waals surface area contributed by atoms with Crippen molar-refractivity contribution < 1.29 is 28.9 Å². The van der Waals surface area contributed by atoms with E-state index in [-0.39, 0.29) is 18.8 Å². The van der Waals surface area contributed by atoms with Gasteiger partial charge in [-0.25, -0.2) is 4.98 Å². The van der Waals surface area contributed by atoms with Crippen molar-refractivity contribution in [2.24, 2.45) is 0 Å². The first-order valence-corrected chi connectivity index (χ1v) is 13.0. The fraction of sp³-hybridized carbons (Fsp3) is 0.321. The maximum absolute atomic E-state index is 12.3. The highest BCUT2D eigenvalue weighted by Gasteiger charge is 2.32. The smallest absolute Gasteiger partial charge is 0.303 e. The molecule has 9 heteroatoms. The molecule has 0 bridgehead atoms. The third-order valence-corrected chi connectivity index (χ3v) is 6.91. The quantitative estimate of drug-likeness (QED) is 0.305. The Balaban J connectivity index is 1.47. The minimum absolute atomic E-state index is 0.0105. The molecule has 194 valence electrons. The SMILES string of the molecule is CC(=O)OC(C)C(=O)Nc1ccc(C2OC(CSc3ccccn3)CC(c3ccc(CO)cc3)O2)cc1. The average Bonchev–Trinajstić information content (AvgIpc) is 2.92. The number of nitrogens with zero attached hydrogens (tertiary/aromatic N) is 1. The lowest BCUT2D eigenvalue weighted by atomic mass is 10.0. The molecule has 1 fully saturated rings. The lowest BCUT2D eigenvalue weighted by Gasteiger charge is -2.36. The first-order chi connectivity index (χ1) is 17.9. The normalized spacial score (nSPS) is 20.1. The van der Waals surface area contributed by atoms with Crippen molar-refractivity contribution in [2.75, 3.05) is 11.1 Å². The summed E-state index contributed by atoms with van der Waals surface area (Å²) in [7, 11) is 0. The first kappa shape index (κ1) is 26.8. The van der Waals surface area contributed by atoms with Crippen LogP contribution >= 0.6 is 11.8 Å². The van der Waals surface area contributed by atoms with Gasteiger partial charge >= 0.3 is 5.97 Å². The van der Waals surface area contributed by atoms with Crippen LogP contribution in [-0.2, 0) is 30.4 Å². The van der Waals surface area contributed by atoms with Crippen LogP contribution in [0.1, 0.15) is 49.4 Å². The third-order valence-electron chi connectivity index (χ3n) is 5.83. The highest BCUT2D eigenvalue weighted by atomic mass is 32.2. The minimum Gasteiger partial charge on any atom is -0.453 e. The summed E-state index contributed by atoms with van der Waals surface area (Å²) in [6, 6.07) is 20.8. The number of amides is 1. The number of nitrogens with one attached hydrogen (secondary N) is 1. The molecule has 3 aromatic rings. The molecule has 2 N–H and O–H groups in total. The van der Waals surface area contributed by atoms with Gasteiger partial charge in [0.2, 0.25) is 0 Å². The molecule has 4 unspecified atom stereocenters. The number of hydrogen-bond acceptors (Lipinski definition) is 8. The van der Waals surface area contributed by atoms with E-state index in [9.17, 15) is 14.7 Å². The van der Waals surface area contributed by atoms with Crippen molar-refractivity contribution in [3.8, 4) is 0 Å². The maximum Gasteiger partial charge on any atom is 0.303 e. The Kier molecular flexibility index (Phi) is 9.29. The molecule has 8 nitrogen and oxygen atoms in total. The predicted octanol–water partition coefficient (Wildman–Crippen LogP) is 4.80. The standard InChI is InChI=1S/C28H30N2O6S/c1-18(34-19(2)32)27(33)30-23-12-10-22(11-13-23)28-35-24(17-37-26-5-3-4-14-29-26)15-25(36-28)21-8-6-20(16-31)7-9-21/h3-14,18,24-25,28,31H,15-17H2,1-2H3,(H,30,33). The van der Waals surface area contributed by atoms with E-state index in [4.69, 9.17) is 14.2 Å². The summed E-state index contributed by atoms with van der Waals surface area (Å²) in [6.45, 7) is 2.77. The third kappa shape index (κ3) is 7.62. The van der Waals surface area contributed by atoms with E-state index in [1.54, 1.807) is 30.1 Å². The molecule has 1 aromatic heterocycles. The number of aromatic nitrogens is 1. The lowest BCUT2D eigenvalue weighted by molar-refractivity contribution is -0.245. The molecule has 1 aliphatic heterocycles. The van der Waals surface area contributed by atoms with Gasteiger partial charge in [-0.05, 0) is 42.3 Å². The number of benzene rings is 2. The molecule has 1 saturated heterocycles. The fourth-order valence-electron chi connectivity index (χ4n) is 3.90. The van der Waals surface area contributed by atoms with Gasteiger partial charge in [-0.3, -0.25) is 9.59 Å². The van der Waals surface area contributed by atoms with Crippen LogP contribution in [0.5, 0.6) is 0 Å². The summed E-state index contributed by atoms with van der Waals surface area (Å²) < 4.78 is 17.6. The molecule has 1 amide bonds. The van der Waals surface area contributed by atoms with E-state index in [1.807, 2.05) is 54.6 Å². The second kappa shape index (κ2) is 12.8. The molecule has 4 rings (SSSR count). The highest BCUT2D eigenvalue weighted by Crippen LogP contribution is 2.39. The fourth-order valence-corrected chi connectivity index (χ4v) is 4.78. The van der Waals surface area contributed by atoms with Crippen LogP contribution < -0.4 is 5.32 Å². The van der Waals surface area contributed by atoms with Crippen LogP contribution in [0.15, 0.2) is 78.0 Å². The van der Waals surface area contributed by atoms with Crippen molar-refractivity contribution in [3.05, 3.63) is 89.6 Å². The molecule has 2 heterocycles. The lowest BCUT2D eigenvalue weighted by Crippen LogP contribution is -2.31. The van der Waals surface area contributed by atoms with Crippen LogP contribution in [0.2, 0.25) is 0 Å². The summed E-state index contributed by atoms with van der Waals surface area (Å²) in [5, 5.41) is 13.1. The molecule has 0 spiro atoms. The topological polar surface area (TPSA) is 107 Å². The largest absolute Gasteiger partial charge is 0.453 e. The van der Waals surface area contributed by atoms with E-state index in [1.165, 1.54) is 13.8 Å². The Morgan fingerprint density at radius 3 is 2.46 bits per heavy atom. The molecule has 0 radical (unpaired) electrons. The van der Waals surface area contributed by atoms with Gasteiger partial charge in [-0.15, -0.1) is 11.8 Å². The monoisotopic (exact) mass is 522 g/mol. The molecule has 4 atom stereocenters. The number of aliphatic hydroxyl groups is 1. The number of thioether (sulfide) groups is 1. The second-order valence-electron chi connectivity index (χ2n) is 8.69. The van der Waals surface area contributed by atoms with Crippen molar-refractivity contribution in [1.82, 2.24) is 4.98 Å². The molecule has 2 aromatic carbocycles. The number of aliphatic hydroxyl groups excluding tert-OH is 1. The highest BCUT2D eigenvalue weighted by molar-refractivity contribution is 7.99. The molecule has 0 saturated carbocycles. The molecular formula is C28H30N2O6S. The molecular weight excluding hydrogens is 492 g/mol. The number of anilines is 1. The molecule has 0 aliphatic carbocycles. The second-order valence-corrected chi connectivity index (χ2v) is 9.73. The van der Waals surface area contributed by atoms with Gasteiger partial charge in [0, 0.05) is 36.5 Å². The van der Waals surface area contributed by atoms with Crippen LogP contribution in [0.4, 0.5) is 5.69 Å². The zero-order valence-electron chi connectivity index (χ0n) is 20.7. The van der Waals surface area contributed by atoms with E-state index >= 15 is 0 Å². The number of ether oxygens (including phenoxy) is 3. The van der Waals surface area contributed by atoms with Crippen LogP contribution in [0.25, 0.3) is 0 Å². The zero-order valence-corrected chi connectivity index (χ0v) is 21.5. The summed E-state index contributed by atoms with van der Waals surface area (Å²) in [5.74, 6) is -0.211. The number of carbonyl (C=O) groups is 2. The van der Waals surface area contributed by atoms with Crippen molar-refractivity contribution in [2.45, 2.75) is 56.5 Å². The summed E-state index contributed by atoms with van der Waals surface area (Å²) in [4.78, 5) is 27.7. The first-order valence-electron chi connectivity index (χ1n) is 12.0. The van der Waals surface area contributed by atoms with Crippen LogP contribution in [0.3, 0.4) is 0 Å². The van der Waals surface area contributed by atoms with Gasteiger partial charge in [0.1, 0.15) is 0 Å². The van der Waals surface area contributed by atoms with Gasteiger partial charge in [0.15, 0.2) is 12.4 Å². The Bertz CT molecular complexity index is 1170. The molecule has 37 heavy (non-hydrogen) atoms. The Hall–Kier alpha value is -3.24. The van der Waals surface area contributed by atoms with Gasteiger partial charge in [0.05, 0.1) is 23.8 Å². The van der Waals surface area contributed by atoms with Gasteiger partial charge in [0.25, 0.3) is 5.91 Å². The summed E-state index contributed by atoms with van der Waals surface area (Å²) in [5.41, 5.74) is 3.24. The maximum atomic E-state index is 12.3. The van der Waals surface area contributed by atoms with E-state index in [2.05, 4.69) is 10.3 Å². The number of carbonyl (C=O) groups excluding carboxylic acids is 2. The predicted molar refractivity (Wildman–Crippen MR) is 140 cm³/mol. The van der Waals surface area contributed by atoms with Crippen LogP contribution in [0, 0.1) is 0 Å². The Morgan fingerprint density at radius 2 is 1.81 bits per heavy atom. The number of esters is 1. The van der Waals surface area contributed by atoms with E-state index in [0.717, 1.165) is 21.7 Å². The van der Waals surface area contributed by atoms with Crippen molar-refractivity contribution in [1.29, 1.82) is 0 Å². The molecule has 1 aliphatic rings. The summed E-state index contributed by atoms with van der Waals surface area (Å²) in [6.07, 6.45) is 0.682. The van der Waals surface area contributed by atoms with Gasteiger partial charge < -0.3 is 24.6 Å². The zero-order chi connectivity index (χ0) is 26.2. The Labute approximate surface area is 220 Å². The van der Waals surface area contributed by atoms with Gasteiger partial charge in [-0.2, -0.15) is 0 Å². The number of rotatable bonds is 9. The minimum atomic E-state index is -0.891. The number of hydrogen-bond donors (Lipinski definition) is 2. The number of pyridine rings is 1. The van der Waals surface area contributed by atoms with E-state index in [0.29, 0.717) is 17.9 Å². The van der Waals surface area contributed by atoms with Crippen molar-refractivity contribution >= 4 is 29.3 Å². The van der Waals surface area contributed by atoms with E-state index < -0.39 is 24.3 Å². The average molecular weight is 523 g/mol. The Morgan fingerprint density at radius 1 is 1.08 bits per heavy atom. The summed E-state index contributed by atoms with van der Waals surface area (Å²) >= 11 is 1.64. The van der Waals surface area contributed by atoms with Gasteiger partial charge in [-0.1, -0.05) is 42.5 Å². The van der Waals surface area contributed by atoms with Crippen molar-refractivity contribution in [3.63, 3.8) is 0 Å². The van der Waals surface area contributed by atoms with Crippen LogP contribution in [-0.4, -0.2) is 39.9 Å².